The van der Waals surface area contributed by atoms with Gasteiger partial charge in [-0.2, -0.15) is 0 Å². The molecular formula is C7H9ClO. The number of hydrogen-bond donors (Lipinski definition) is 0. The van der Waals surface area contributed by atoms with Crippen molar-refractivity contribution in [2.75, 3.05) is 13.2 Å². The summed E-state index contributed by atoms with van der Waals surface area (Å²) < 4.78 is 4.93. The van der Waals surface area contributed by atoms with Crippen molar-refractivity contribution in [1.82, 2.24) is 0 Å². The maximum Gasteiger partial charge on any atom is 0.108 e. The van der Waals surface area contributed by atoms with Crippen molar-refractivity contribution in [2.24, 2.45) is 0 Å². The van der Waals surface area contributed by atoms with Crippen LogP contribution in [0.15, 0.2) is 11.6 Å². The number of allylic oxidation sites excluding steroid dienone is 1. The van der Waals surface area contributed by atoms with Crippen molar-refractivity contribution in [3.8, 4) is 11.8 Å². The van der Waals surface area contributed by atoms with Gasteiger partial charge in [-0.3, -0.25) is 0 Å². The largest absolute Gasteiger partial charge is 0.369 e. The fraction of sp³-hybridized carbons (Fsp3) is 0.429. The van der Waals surface area contributed by atoms with E-state index >= 15 is 0 Å². The zero-order valence-electron chi connectivity index (χ0n) is 5.36. The van der Waals surface area contributed by atoms with Crippen molar-refractivity contribution in [2.45, 2.75) is 6.92 Å². The van der Waals surface area contributed by atoms with Crippen molar-refractivity contribution in [3.05, 3.63) is 11.6 Å². The summed E-state index contributed by atoms with van der Waals surface area (Å²) in [6.45, 7) is 3.12. The predicted molar refractivity (Wildman–Crippen MR) is 39.3 cm³/mol. The molecule has 0 rings (SSSR count). The van der Waals surface area contributed by atoms with Crippen LogP contribution in [-0.4, -0.2) is 13.2 Å². The molecule has 9 heavy (non-hydrogen) atoms. The van der Waals surface area contributed by atoms with E-state index in [0.29, 0.717) is 13.2 Å². The molecule has 0 heterocycles. The van der Waals surface area contributed by atoms with E-state index in [-0.39, 0.29) is 0 Å². The van der Waals surface area contributed by atoms with Crippen LogP contribution in [0.25, 0.3) is 0 Å². The van der Waals surface area contributed by atoms with Gasteiger partial charge in [-0.05, 0) is 13.0 Å². The molecule has 0 amide bonds. The van der Waals surface area contributed by atoms with Gasteiger partial charge < -0.3 is 4.74 Å². The summed E-state index contributed by atoms with van der Waals surface area (Å²) >= 11 is 5.19. The molecule has 0 fully saturated rings. The lowest BCUT2D eigenvalue weighted by Crippen LogP contribution is -1.87. The Morgan fingerprint density at radius 3 is 3.00 bits per heavy atom. The van der Waals surface area contributed by atoms with Gasteiger partial charge in [-0.15, -0.1) is 0 Å². The fourth-order valence-electron chi connectivity index (χ4n) is 0.285. The number of ether oxygens (including phenoxy) is 1. The van der Waals surface area contributed by atoms with Crippen molar-refractivity contribution < 1.29 is 4.74 Å². The number of halogens is 1. The van der Waals surface area contributed by atoms with Gasteiger partial charge in [0, 0.05) is 12.1 Å². The van der Waals surface area contributed by atoms with Crippen LogP contribution in [-0.2, 0) is 4.74 Å². The second-order valence-corrected chi connectivity index (χ2v) is 1.50. The molecule has 0 aromatic carbocycles. The van der Waals surface area contributed by atoms with Gasteiger partial charge in [-0.25, -0.2) is 0 Å². The first kappa shape index (κ1) is 8.55. The molecule has 0 bridgehead atoms. The second-order valence-electron chi connectivity index (χ2n) is 1.25. The molecule has 0 spiro atoms. The third-order valence-corrected chi connectivity index (χ3v) is 0.753. The Morgan fingerprint density at radius 1 is 1.67 bits per heavy atom. The van der Waals surface area contributed by atoms with Crippen molar-refractivity contribution in [3.63, 3.8) is 0 Å². The monoisotopic (exact) mass is 144 g/mol. The molecule has 0 aliphatic heterocycles. The lowest BCUT2D eigenvalue weighted by Gasteiger charge is -1.87. The topological polar surface area (TPSA) is 9.23 Å². The summed E-state index contributed by atoms with van der Waals surface area (Å²) in [6.07, 6.45) is 1.57. The Balaban J connectivity index is 3.16. The summed E-state index contributed by atoms with van der Waals surface area (Å²) in [5.41, 5.74) is 1.37. The van der Waals surface area contributed by atoms with Crippen molar-refractivity contribution in [1.29, 1.82) is 0 Å². The Hall–Kier alpha value is -0.450. The van der Waals surface area contributed by atoms with Crippen LogP contribution in [0.1, 0.15) is 6.92 Å². The molecule has 0 atom stereocenters. The highest BCUT2D eigenvalue weighted by Gasteiger charge is 1.70. The summed E-state index contributed by atoms with van der Waals surface area (Å²) in [4.78, 5) is 0. The van der Waals surface area contributed by atoms with Crippen LogP contribution in [0.4, 0.5) is 0 Å². The molecule has 0 aromatic heterocycles. The first-order valence-corrected chi connectivity index (χ1v) is 3.16. The molecule has 0 aromatic rings. The van der Waals surface area contributed by atoms with Gasteiger partial charge in [0.1, 0.15) is 6.61 Å². The second kappa shape index (κ2) is 7.55. The number of rotatable bonds is 2. The van der Waals surface area contributed by atoms with E-state index in [4.69, 9.17) is 16.3 Å². The van der Waals surface area contributed by atoms with E-state index in [9.17, 15) is 0 Å². The quantitative estimate of drug-likeness (QED) is 0.424. The minimum Gasteiger partial charge on any atom is -0.369 e. The summed E-state index contributed by atoms with van der Waals surface area (Å²) in [5.74, 6) is 5.43. The number of hydrogen-bond acceptors (Lipinski definition) is 1. The first-order valence-electron chi connectivity index (χ1n) is 2.73. The zero-order valence-corrected chi connectivity index (χ0v) is 6.11. The third-order valence-electron chi connectivity index (χ3n) is 0.627. The van der Waals surface area contributed by atoms with Gasteiger partial charge >= 0.3 is 0 Å². The van der Waals surface area contributed by atoms with Crippen LogP contribution in [0.2, 0.25) is 0 Å². The molecular weight excluding hydrogens is 136 g/mol. The Labute approximate surface area is 60.7 Å². The van der Waals surface area contributed by atoms with Crippen LogP contribution in [0, 0.1) is 11.8 Å². The van der Waals surface area contributed by atoms with Gasteiger partial charge in [0.2, 0.25) is 0 Å². The molecule has 50 valence electrons. The average molecular weight is 145 g/mol. The van der Waals surface area contributed by atoms with E-state index in [2.05, 4.69) is 11.8 Å². The maximum absolute atomic E-state index is 5.19. The van der Waals surface area contributed by atoms with Gasteiger partial charge in [-0.1, -0.05) is 23.4 Å². The summed E-state index contributed by atoms with van der Waals surface area (Å²) in [7, 11) is 0. The van der Waals surface area contributed by atoms with Crippen molar-refractivity contribution >= 4 is 11.6 Å². The highest BCUT2D eigenvalue weighted by atomic mass is 35.5. The predicted octanol–water partition coefficient (Wildman–Crippen LogP) is 1.78. The highest BCUT2D eigenvalue weighted by Crippen LogP contribution is 1.74. The normalized spacial score (nSPS) is 9.11. The molecule has 2 heteroatoms. The lowest BCUT2D eigenvalue weighted by atomic mass is 10.6. The highest BCUT2D eigenvalue weighted by molar-refractivity contribution is 6.25. The van der Waals surface area contributed by atoms with Gasteiger partial charge in [0.05, 0.1) is 0 Å². The van der Waals surface area contributed by atoms with E-state index in [1.54, 1.807) is 6.08 Å². The molecule has 0 radical (unpaired) electrons. The minimum absolute atomic E-state index is 0.484. The van der Waals surface area contributed by atoms with Crippen LogP contribution in [0.3, 0.4) is 0 Å². The molecule has 0 saturated carbocycles. The van der Waals surface area contributed by atoms with Crippen LogP contribution in [0.5, 0.6) is 0 Å². The van der Waals surface area contributed by atoms with E-state index in [0.717, 1.165) is 0 Å². The smallest absolute Gasteiger partial charge is 0.108 e. The maximum atomic E-state index is 5.19. The van der Waals surface area contributed by atoms with E-state index in [1.165, 1.54) is 5.54 Å². The van der Waals surface area contributed by atoms with Crippen LogP contribution >= 0.6 is 11.6 Å². The zero-order chi connectivity index (χ0) is 6.95. The van der Waals surface area contributed by atoms with Gasteiger partial charge in [0.15, 0.2) is 0 Å². The Morgan fingerprint density at radius 2 is 2.44 bits per heavy atom. The molecule has 0 N–H and O–H groups in total. The molecule has 1 nitrogen and oxygen atoms in total. The minimum atomic E-state index is 0.484. The first-order chi connectivity index (χ1) is 4.41. The summed E-state index contributed by atoms with van der Waals surface area (Å²) in [5, 5.41) is 0. The summed E-state index contributed by atoms with van der Waals surface area (Å²) in [6, 6.07) is 0. The van der Waals surface area contributed by atoms with Crippen LogP contribution < -0.4 is 0 Å². The van der Waals surface area contributed by atoms with E-state index in [1.807, 2.05) is 6.92 Å². The molecule has 0 aliphatic carbocycles. The van der Waals surface area contributed by atoms with Gasteiger partial charge in [0.25, 0.3) is 0 Å². The fourth-order valence-corrected chi connectivity index (χ4v) is 0.348. The SMILES string of the molecule is CCOCC#C/C=C/Cl. The Bertz CT molecular complexity index is 130. The lowest BCUT2D eigenvalue weighted by molar-refractivity contribution is 0.182. The average Bonchev–Trinajstić information content (AvgIpc) is 1.89. The Kier molecular flexibility index (Phi) is 7.17. The van der Waals surface area contributed by atoms with E-state index < -0.39 is 0 Å². The molecule has 0 aliphatic rings. The standard InChI is InChI=1S/C7H9ClO/c1-2-9-7-5-3-4-6-8/h4,6H,2,7H2,1H3/b6-4+. The molecule has 0 saturated heterocycles. The third kappa shape index (κ3) is 7.55. The molecule has 0 unspecified atom stereocenters.